The number of carbonyl (C=O) groups excluding carboxylic acids is 1. The average Bonchev–Trinajstić information content (AvgIpc) is 2.80. The fraction of sp³-hybridized carbons (Fsp3) is 0.389. The van der Waals surface area contributed by atoms with Gasteiger partial charge in [0.1, 0.15) is 5.78 Å². The van der Waals surface area contributed by atoms with E-state index in [1.807, 2.05) is 24.3 Å². The SMILES string of the molecule is O=C1CCN(CCCN2c3cccc4cccc(c34)S2(=O)=O)CC1. The zero-order valence-corrected chi connectivity index (χ0v) is 14.3. The molecule has 24 heavy (non-hydrogen) atoms. The van der Waals surface area contributed by atoms with Crippen molar-refractivity contribution in [3.05, 3.63) is 36.4 Å². The lowest BCUT2D eigenvalue weighted by Crippen LogP contribution is -2.36. The van der Waals surface area contributed by atoms with Gasteiger partial charge in [-0.15, -0.1) is 0 Å². The van der Waals surface area contributed by atoms with E-state index in [1.54, 1.807) is 16.4 Å². The van der Waals surface area contributed by atoms with Crippen LogP contribution >= 0.6 is 0 Å². The first-order valence-electron chi connectivity index (χ1n) is 8.36. The number of benzene rings is 2. The lowest BCUT2D eigenvalue weighted by Gasteiger charge is -2.27. The molecule has 2 aliphatic heterocycles. The second kappa shape index (κ2) is 5.86. The van der Waals surface area contributed by atoms with Gasteiger partial charge in [0, 0.05) is 37.9 Å². The number of Topliss-reactive ketones (excluding diaryl/α,β-unsaturated/α-hetero) is 1. The quantitative estimate of drug-likeness (QED) is 0.855. The smallest absolute Gasteiger partial charge is 0.265 e. The van der Waals surface area contributed by atoms with Gasteiger partial charge in [-0.3, -0.25) is 9.10 Å². The predicted octanol–water partition coefficient (Wildman–Crippen LogP) is 2.40. The van der Waals surface area contributed by atoms with Crippen molar-refractivity contribution in [2.24, 2.45) is 0 Å². The summed E-state index contributed by atoms with van der Waals surface area (Å²) in [6.45, 7) is 2.88. The molecule has 0 aliphatic carbocycles. The van der Waals surface area contributed by atoms with E-state index >= 15 is 0 Å². The summed E-state index contributed by atoms with van der Waals surface area (Å²) in [5, 5.41) is 1.80. The fourth-order valence-electron chi connectivity index (χ4n) is 3.66. The number of nitrogens with zero attached hydrogens (tertiary/aromatic N) is 2. The van der Waals surface area contributed by atoms with E-state index in [0.717, 1.165) is 42.5 Å². The fourth-order valence-corrected chi connectivity index (χ4v) is 5.41. The molecule has 2 heterocycles. The Kier molecular flexibility index (Phi) is 3.81. The molecule has 0 radical (unpaired) electrons. The van der Waals surface area contributed by atoms with Crippen LogP contribution in [0.1, 0.15) is 19.3 Å². The highest BCUT2D eigenvalue weighted by Crippen LogP contribution is 2.41. The van der Waals surface area contributed by atoms with Crippen molar-refractivity contribution in [1.29, 1.82) is 0 Å². The Morgan fingerprint density at radius 2 is 1.67 bits per heavy atom. The lowest BCUT2D eigenvalue weighted by molar-refractivity contribution is -0.121. The highest BCUT2D eigenvalue weighted by molar-refractivity contribution is 7.93. The summed E-state index contributed by atoms with van der Waals surface area (Å²) in [5.74, 6) is 0.329. The zero-order valence-electron chi connectivity index (χ0n) is 13.4. The minimum atomic E-state index is -3.45. The van der Waals surface area contributed by atoms with Crippen molar-refractivity contribution < 1.29 is 13.2 Å². The molecule has 2 aromatic rings. The first-order valence-corrected chi connectivity index (χ1v) is 9.80. The first kappa shape index (κ1) is 15.6. The van der Waals surface area contributed by atoms with Gasteiger partial charge >= 0.3 is 0 Å². The number of piperidine rings is 1. The Morgan fingerprint density at radius 1 is 0.958 bits per heavy atom. The number of likely N-dealkylation sites (tertiary alicyclic amines) is 1. The van der Waals surface area contributed by atoms with E-state index in [2.05, 4.69) is 4.90 Å². The predicted molar refractivity (Wildman–Crippen MR) is 93.8 cm³/mol. The molecule has 6 heteroatoms. The standard InChI is InChI=1S/C18H20N2O3S/c21-15-8-12-19(13-9-15)10-3-11-20-16-6-1-4-14-5-2-7-17(18(14)16)24(20,22)23/h1-2,4-7H,3,8-13H2. The summed E-state index contributed by atoms with van der Waals surface area (Å²) in [7, 11) is -3.45. The molecule has 1 saturated heterocycles. The van der Waals surface area contributed by atoms with Crippen LogP contribution in [0.3, 0.4) is 0 Å². The van der Waals surface area contributed by atoms with Crippen molar-refractivity contribution in [2.75, 3.05) is 30.5 Å². The maximum Gasteiger partial charge on any atom is 0.265 e. The second-order valence-electron chi connectivity index (χ2n) is 6.44. The van der Waals surface area contributed by atoms with Crippen LogP contribution in [0.4, 0.5) is 5.69 Å². The molecule has 5 nitrogen and oxygen atoms in total. The number of ketones is 1. The van der Waals surface area contributed by atoms with Gasteiger partial charge < -0.3 is 4.90 Å². The summed E-state index contributed by atoms with van der Waals surface area (Å²) < 4.78 is 27.3. The van der Waals surface area contributed by atoms with Crippen LogP contribution in [0.25, 0.3) is 10.8 Å². The van der Waals surface area contributed by atoms with Crippen LogP contribution in [0, 0.1) is 0 Å². The van der Waals surface area contributed by atoms with E-state index in [4.69, 9.17) is 0 Å². The number of sulfonamides is 1. The molecule has 0 N–H and O–H groups in total. The Labute approximate surface area is 141 Å². The molecule has 0 amide bonds. The minimum absolute atomic E-state index is 0.329. The Morgan fingerprint density at radius 3 is 2.42 bits per heavy atom. The molecule has 2 aromatic carbocycles. The molecule has 0 bridgehead atoms. The van der Waals surface area contributed by atoms with Gasteiger partial charge in [0.2, 0.25) is 0 Å². The lowest BCUT2D eigenvalue weighted by atomic mass is 10.1. The van der Waals surface area contributed by atoms with Gasteiger partial charge in [0.05, 0.1) is 10.6 Å². The Bertz CT molecular complexity index is 892. The summed E-state index contributed by atoms with van der Waals surface area (Å²) in [6, 6.07) is 11.2. The van der Waals surface area contributed by atoms with Crippen LogP contribution in [0.2, 0.25) is 0 Å². The second-order valence-corrected chi connectivity index (χ2v) is 8.27. The van der Waals surface area contributed by atoms with Crippen LogP contribution in [0.5, 0.6) is 0 Å². The average molecular weight is 344 g/mol. The van der Waals surface area contributed by atoms with E-state index in [9.17, 15) is 13.2 Å². The molecule has 0 spiro atoms. The van der Waals surface area contributed by atoms with E-state index in [0.29, 0.717) is 30.1 Å². The topological polar surface area (TPSA) is 57.7 Å². The maximum atomic E-state index is 12.9. The van der Waals surface area contributed by atoms with E-state index in [1.165, 1.54) is 0 Å². The normalized spacial score (nSPS) is 20.0. The third kappa shape index (κ3) is 2.50. The number of anilines is 1. The van der Waals surface area contributed by atoms with Crippen molar-refractivity contribution in [1.82, 2.24) is 4.90 Å². The largest absolute Gasteiger partial charge is 0.302 e. The third-order valence-corrected chi connectivity index (χ3v) is 6.79. The number of rotatable bonds is 4. The molecular formula is C18H20N2O3S. The first-order chi connectivity index (χ1) is 11.6. The number of hydrogen-bond acceptors (Lipinski definition) is 4. The molecular weight excluding hydrogens is 324 g/mol. The highest BCUT2D eigenvalue weighted by atomic mass is 32.2. The van der Waals surface area contributed by atoms with Crippen LogP contribution < -0.4 is 4.31 Å². The molecule has 0 aromatic heterocycles. The summed E-state index contributed by atoms with van der Waals surface area (Å²) in [4.78, 5) is 14.0. The van der Waals surface area contributed by atoms with Crippen molar-refractivity contribution in [3.8, 4) is 0 Å². The number of carbonyl (C=O) groups is 1. The molecule has 0 atom stereocenters. The van der Waals surface area contributed by atoms with Crippen LogP contribution in [-0.4, -0.2) is 45.3 Å². The van der Waals surface area contributed by atoms with Crippen molar-refractivity contribution >= 4 is 32.3 Å². The Hall–Kier alpha value is -1.92. The van der Waals surface area contributed by atoms with Crippen LogP contribution in [-0.2, 0) is 14.8 Å². The summed E-state index contributed by atoms with van der Waals surface area (Å²) >= 11 is 0. The maximum absolute atomic E-state index is 12.9. The molecule has 0 unspecified atom stereocenters. The summed E-state index contributed by atoms with van der Waals surface area (Å²) in [6.07, 6.45) is 2.00. The third-order valence-electron chi connectivity index (χ3n) is 4.93. The van der Waals surface area contributed by atoms with Gasteiger partial charge in [-0.1, -0.05) is 24.3 Å². The van der Waals surface area contributed by atoms with Crippen molar-refractivity contribution in [2.45, 2.75) is 24.2 Å². The molecule has 0 saturated carbocycles. The van der Waals surface area contributed by atoms with Gasteiger partial charge in [-0.05, 0) is 30.5 Å². The van der Waals surface area contributed by atoms with Gasteiger partial charge in [0.25, 0.3) is 10.0 Å². The summed E-state index contributed by atoms with van der Waals surface area (Å²) in [5.41, 5.74) is 0.789. The minimum Gasteiger partial charge on any atom is -0.302 e. The van der Waals surface area contributed by atoms with Crippen LogP contribution in [0.15, 0.2) is 41.3 Å². The molecule has 4 rings (SSSR count). The van der Waals surface area contributed by atoms with Gasteiger partial charge in [-0.2, -0.15) is 0 Å². The Balaban J connectivity index is 1.52. The molecule has 1 fully saturated rings. The monoisotopic (exact) mass is 344 g/mol. The van der Waals surface area contributed by atoms with Gasteiger partial charge in [0.15, 0.2) is 0 Å². The van der Waals surface area contributed by atoms with E-state index in [-0.39, 0.29) is 0 Å². The van der Waals surface area contributed by atoms with E-state index < -0.39 is 10.0 Å². The van der Waals surface area contributed by atoms with Crippen molar-refractivity contribution in [3.63, 3.8) is 0 Å². The number of hydrogen-bond donors (Lipinski definition) is 0. The van der Waals surface area contributed by atoms with Gasteiger partial charge in [-0.25, -0.2) is 8.42 Å². The zero-order chi connectivity index (χ0) is 16.7. The molecule has 2 aliphatic rings. The highest BCUT2D eigenvalue weighted by Gasteiger charge is 2.35. The molecule has 126 valence electrons.